The quantitative estimate of drug-likeness (QED) is 0.665. The molecule has 2 aromatic carbocycles. The summed E-state index contributed by atoms with van der Waals surface area (Å²) in [5.41, 5.74) is 2.95. The van der Waals surface area contributed by atoms with Gasteiger partial charge in [-0.3, -0.25) is 4.79 Å². The highest BCUT2D eigenvalue weighted by atomic mass is 32.1. The van der Waals surface area contributed by atoms with E-state index in [4.69, 9.17) is 0 Å². The number of hydrogen-bond donors (Lipinski definition) is 0. The minimum absolute atomic E-state index is 0.169. The number of fused-ring (bicyclic) bond motifs is 1. The lowest BCUT2D eigenvalue weighted by atomic mass is 10.0. The monoisotopic (exact) mass is 295 g/mol. The van der Waals surface area contributed by atoms with Crippen LogP contribution in [0.3, 0.4) is 0 Å². The van der Waals surface area contributed by atoms with Crippen LogP contribution in [0.4, 0.5) is 5.69 Å². The predicted octanol–water partition coefficient (Wildman–Crippen LogP) is 4.39. The number of benzene rings is 2. The first-order valence-electron chi connectivity index (χ1n) is 6.91. The summed E-state index contributed by atoms with van der Waals surface area (Å²) >= 11 is 1.70. The van der Waals surface area contributed by atoms with E-state index >= 15 is 0 Å². The van der Waals surface area contributed by atoms with Crippen LogP contribution in [0.5, 0.6) is 0 Å². The van der Waals surface area contributed by atoms with E-state index in [2.05, 4.69) is 17.5 Å². The number of nitrogens with zero attached hydrogens (tertiary/aromatic N) is 1. The standard InChI is InChI=1S/C18H17NOS/c1-19(2)15-7-5-6-13(10-15)17(20)11-14-12-21-18-9-4-3-8-16(14)18/h3-10,12H,11H2,1-2H3. The van der Waals surface area contributed by atoms with Crippen LogP contribution >= 0.6 is 11.3 Å². The number of thiophene rings is 1. The summed E-state index contributed by atoms with van der Waals surface area (Å²) in [5, 5.41) is 3.29. The topological polar surface area (TPSA) is 20.3 Å². The molecular weight excluding hydrogens is 278 g/mol. The molecule has 0 bridgehead atoms. The van der Waals surface area contributed by atoms with E-state index in [1.807, 2.05) is 55.4 Å². The van der Waals surface area contributed by atoms with Crippen molar-refractivity contribution in [1.82, 2.24) is 0 Å². The van der Waals surface area contributed by atoms with Gasteiger partial charge in [-0.25, -0.2) is 0 Å². The molecule has 21 heavy (non-hydrogen) atoms. The Labute approximate surface area is 128 Å². The summed E-state index contributed by atoms with van der Waals surface area (Å²) in [6.07, 6.45) is 0.459. The van der Waals surface area contributed by atoms with Crippen LogP contribution in [0.15, 0.2) is 53.9 Å². The first kappa shape index (κ1) is 13.8. The van der Waals surface area contributed by atoms with Crippen molar-refractivity contribution < 1.29 is 4.79 Å². The lowest BCUT2D eigenvalue weighted by Crippen LogP contribution is -2.10. The van der Waals surface area contributed by atoms with Gasteiger partial charge in [0.2, 0.25) is 0 Å². The molecule has 2 nitrogen and oxygen atoms in total. The maximum Gasteiger partial charge on any atom is 0.167 e. The second kappa shape index (κ2) is 5.70. The SMILES string of the molecule is CN(C)c1cccc(C(=O)Cc2csc3ccccc23)c1. The Morgan fingerprint density at radius 2 is 1.90 bits per heavy atom. The Balaban J connectivity index is 1.88. The Morgan fingerprint density at radius 1 is 1.10 bits per heavy atom. The summed E-state index contributed by atoms with van der Waals surface area (Å²) in [6.45, 7) is 0. The van der Waals surface area contributed by atoms with Crippen LogP contribution in [0.25, 0.3) is 10.1 Å². The van der Waals surface area contributed by atoms with Gasteiger partial charge in [-0.05, 0) is 34.5 Å². The summed E-state index contributed by atoms with van der Waals surface area (Å²) in [7, 11) is 3.96. The zero-order chi connectivity index (χ0) is 14.8. The lowest BCUT2D eigenvalue weighted by Gasteiger charge is -2.13. The Hall–Kier alpha value is -2.13. The van der Waals surface area contributed by atoms with Crippen LogP contribution in [-0.4, -0.2) is 19.9 Å². The minimum Gasteiger partial charge on any atom is -0.378 e. The van der Waals surface area contributed by atoms with Crippen LogP contribution in [0.1, 0.15) is 15.9 Å². The third-order valence-corrected chi connectivity index (χ3v) is 4.61. The Morgan fingerprint density at radius 3 is 2.71 bits per heavy atom. The molecule has 0 aliphatic carbocycles. The van der Waals surface area contributed by atoms with Crippen molar-refractivity contribution in [2.24, 2.45) is 0 Å². The highest BCUT2D eigenvalue weighted by molar-refractivity contribution is 7.17. The van der Waals surface area contributed by atoms with Crippen LogP contribution in [0, 0.1) is 0 Å². The van der Waals surface area contributed by atoms with Crippen molar-refractivity contribution in [2.45, 2.75) is 6.42 Å². The molecule has 0 unspecified atom stereocenters. The van der Waals surface area contributed by atoms with Gasteiger partial charge in [-0.15, -0.1) is 11.3 Å². The highest BCUT2D eigenvalue weighted by Crippen LogP contribution is 2.27. The normalized spacial score (nSPS) is 10.8. The van der Waals surface area contributed by atoms with E-state index in [1.165, 1.54) is 10.1 Å². The van der Waals surface area contributed by atoms with Gasteiger partial charge in [0.15, 0.2) is 5.78 Å². The predicted molar refractivity (Wildman–Crippen MR) is 90.6 cm³/mol. The number of anilines is 1. The van der Waals surface area contributed by atoms with Crippen molar-refractivity contribution >= 4 is 32.9 Å². The maximum atomic E-state index is 12.5. The smallest absolute Gasteiger partial charge is 0.167 e. The Bertz CT molecular complexity index is 789. The minimum atomic E-state index is 0.169. The van der Waals surface area contributed by atoms with Crippen molar-refractivity contribution in [2.75, 3.05) is 19.0 Å². The van der Waals surface area contributed by atoms with Gasteiger partial charge < -0.3 is 4.90 Å². The number of ketones is 1. The average molecular weight is 295 g/mol. The molecule has 1 heterocycles. The van der Waals surface area contributed by atoms with Crippen molar-refractivity contribution in [1.29, 1.82) is 0 Å². The molecule has 0 fully saturated rings. The molecular formula is C18H17NOS. The van der Waals surface area contributed by atoms with E-state index in [9.17, 15) is 4.79 Å². The van der Waals surface area contributed by atoms with Crippen LogP contribution < -0.4 is 4.90 Å². The van der Waals surface area contributed by atoms with Crippen molar-refractivity contribution in [3.63, 3.8) is 0 Å². The molecule has 0 saturated carbocycles. The molecule has 0 atom stereocenters. The number of hydrogen-bond acceptors (Lipinski definition) is 3. The molecule has 0 amide bonds. The molecule has 3 heteroatoms. The van der Waals surface area contributed by atoms with E-state index in [0.29, 0.717) is 6.42 Å². The fourth-order valence-electron chi connectivity index (χ4n) is 2.40. The summed E-state index contributed by atoms with van der Waals surface area (Å²) in [6, 6.07) is 16.0. The molecule has 0 aliphatic heterocycles. The number of Topliss-reactive ketones (excluding diaryl/α,β-unsaturated/α-hetero) is 1. The van der Waals surface area contributed by atoms with Gasteiger partial charge in [-0.1, -0.05) is 30.3 Å². The maximum absolute atomic E-state index is 12.5. The van der Waals surface area contributed by atoms with Gasteiger partial charge >= 0.3 is 0 Å². The first-order chi connectivity index (χ1) is 10.1. The Kier molecular flexibility index (Phi) is 3.76. The largest absolute Gasteiger partial charge is 0.378 e. The second-order valence-corrected chi connectivity index (χ2v) is 6.21. The summed E-state index contributed by atoms with van der Waals surface area (Å²) < 4.78 is 1.24. The highest BCUT2D eigenvalue weighted by Gasteiger charge is 2.11. The van der Waals surface area contributed by atoms with E-state index in [-0.39, 0.29) is 5.78 Å². The fourth-order valence-corrected chi connectivity index (χ4v) is 3.37. The molecule has 0 spiro atoms. The lowest BCUT2D eigenvalue weighted by molar-refractivity contribution is 0.0993. The van der Waals surface area contributed by atoms with Gasteiger partial charge in [0.25, 0.3) is 0 Å². The van der Waals surface area contributed by atoms with Gasteiger partial charge in [0, 0.05) is 36.5 Å². The van der Waals surface area contributed by atoms with E-state index in [1.54, 1.807) is 11.3 Å². The summed E-state index contributed by atoms with van der Waals surface area (Å²) in [5.74, 6) is 0.169. The van der Waals surface area contributed by atoms with Crippen molar-refractivity contribution in [3.05, 3.63) is 65.0 Å². The van der Waals surface area contributed by atoms with Crippen LogP contribution in [0.2, 0.25) is 0 Å². The molecule has 3 rings (SSSR count). The summed E-state index contributed by atoms with van der Waals surface area (Å²) in [4.78, 5) is 14.5. The van der Waals surface area contributed by atoms with Crippen LogP contribution in [-0.2, 0) is 6.42 Å². The molecule has 0 aliphatic rings. The second-order valence-electron chi connectivity index (χ2n) is 5.30. The average Bonchev–Trinajstić information content (AvgIpc) is 2.91. The number of rotatable bonds is 4. The zero-order valence-corrected chi connectivity index (χ0v) is 13.0. The van der Waals surface area contributed by atoms with Gasteiger partial charge in [-0.2, -0.15) is 0 Å². The zero-order valence-electron chi connectivity index (χ0n) is 12.2. The first-order valence-corrected chi connectivity index (χ1v) is 7.79. The van der Waals surface area contributed by atoms with Gasteiger partial charge in [0.05, 0.1) is 0 Å². The molecule has 106 valence electrons. The van der Waals surface area contributed by atoms with Gasteiger partial charge in [0.1, 0.15) is 0 Å². The molecule has 3 aromatic rings. The number of carbonyl (C=O) groups excluding carboxylic acids is 1. The van der Waals surface area contributed by atoms with E-state index < -0.39 is 0 Å². The number of carbonyl (C=O) groups is 1. The molecule has 0 saturated heterocycles. The van der Waals surface area contributed by atoms with E-state index in [0.717, 1.165) is 16.8 Å². The third-order valence-electron chi connectivity index (χ3n) is 3.60. The molecule has 0 radical (unpaired) electrons. The fraction of sp³-hybridized carbons (Fsp3) is 0.167. The third kappa shape index (κ3) is 2.83. The van der Waals surface area contributed by atoms with Crippen molar-refractivity contribution in [3.8, 4) is 0 Å². The molecule has 1 aromatic heterocycles. The molecule has 0 N–H and O–H groups in total.